The summed E-state index contributed by atoms with van der Waals surface area (Å²) in [5.41, 5.74) is 2.17. The second-order valence-electron chi connectivity index (χ2n) is 5.81. The van der Waals surface area contributed by atoms with Gasteiger partial charge in [-0.2, -0.15) is 5.10 Å². The van der Waals surface area contributed by atoms with Crippen LogP contribution in [0.15, 0.2) is 59.5 Å². The van der Waals surface area contributed by atoms with Crippen LogP contribution in [-0.2, 0) is 9.84 Å². The molecule has 1 aromatic heterocycles. The highest BCUT2D eigenvalue weighted by molar-refractivity contribution is 7.90. The van der Waals surface area contributed by atoms with Gasteiger partial charge < -0.3 is 5.32 Å². The van der Waals surface area contributed by atoms with Crippen LogP contribution in [0.4, 0.5) is 5.69 Å². The van der Waals surface area contributed by atoms with Gasteiger partial charge in [0, 0.05) is 22.7 Å². The molecule has 3 rings (SSSR count). The van der Waals surface area contributed by atoms with E-state index in [4.69, 9.17) is 11.6 Å². The minimum absolute atomic E-state index is 0.137. The summed E-state index contributed by atoms with van der Waals surface area (Å²) in [6, 6.07) is 14.8. The molecule has 0 unspecified atom stereocenters. The van der Waals surface area contributed by atoms with Gasteiger partial charge in [-0.1, -0.05) is 17.7 Å². The lowest BCUT2D eigenvalue weighted by Crippen LogP contribution is -2.13. The molecule has 2 aromatic carbocycles. The van der Waals surface area contributed by atoms with Crippen LogP contribution in [-0.4, -0.2) is 30.4 Å². The van der Waals surface area contributed by atoms with Gasteiger partial charge in [-0.25, -0.2) is 13.1 Å². The van der Waals surface area contributed by atoms with E-state index in [1.54, 1.807) is 47.1 Å². The molecule has 0 saturated carbocycles. The van der Waals surface area contributed by atoms with Crippen molar-refractivity contribution in [3.63, 3.8) is 0 Å². The van der Waals surface area contributed by atoms with Crippen LogP contribution >= 0.6 is 11.6 Å². The number of hydrogen-bond acceptors (Lipinski definition) is 4. The van der Waals surface area contributed by atoms with Gasteiger partial charge in [0.15, 0.2) is 15.5 Å². The highest BCUT2D eigenvalue weighted by Crippen LogP contribution is 2.18. The van der Waals surface area contributed by atoms with Crippen molar-refractivity contribution in [1.29, 1.82) is 0 Å². The summed E-state index contributed by atoms with van der Waals surface area (Å²) in [5, 5.41) is 7.60. The average molecular weight is 390 g/mol. The maximum Gasteiger partial charge on any atom is 0.276 e. The summed E-state index contributed by atoms with van der Waals surface area (Å²) in [6.07, 6.45) is 1.12. The highest BCUT2D eigenvalue weighted by atomic mass is 35.5. The lowest BCUT2D eigenvalue weighted by Gasteiger charge is -2.06. The number of nitrogens with zero attached hydrogens (tertiary/aromatic N) is 2. The zero-order valence-electron chi connectivity index (χ0n) is 14.1. The number of aryl methyl sites for hydroxylation is 1. The van der Waals surface area contributed by atoms with Gasteiger partial charge in [-0.05, 0) is 55.5 Å². The Morgan fingerprint density at radius 2 is 1.81 bits per heavy atom. The Hall–Kier alpha value is -2.64. The standard InChI is InChI=1S/C18H16ClN3O3S/c1-12-10-17(21-22(12)15-8-6-13(19)7-9-15)18(23)20-14-4-3-5-16(11-14)26(2,24)25/h3-11H,1-2H3,(H,20,23). The predicted molar refractivity (Wildman–Crippen MR) is 101 cm³/mol. The number of carbonyl (C=O) groups excluding carboxylic acids is 1. The van der Waals surface area contributed by atoms with Crippen LogP contribution in [0.25, 0.3) is 5.69 Å². The minimum atomic E-state index is -3.35. The average Bonchev–Trinajstić information content (AvgIpc) is 2.97. The molecule has 0 radical (unpaired) electrons. The van der Waals surface area contributed by atoms with E-state index in [-0.39, 0.29) is 10.6 Å². The van der Waals surface area contributed by atoms with E-state index in [0.29, 0.717) is 10.7 Å². The molecule has 6 nitrogen and oxygen atoms in total. The number of aromatic nitrogens is 2. The molecule has 0 atom stereocenters. The summed E-state index contributed by atoms with van der Waals surface area (Å²) in [7, 11) is -3.35. The number of hydrogen-bond donors (Lipinski definition) is 1. The van der Waals surface area contributed by atoms with Gasteiger partial charge in [0.1, 0.15) is 0 Å². The highest BCUT2D eigenvalue weighted by Gasteiger charge is 2.15. The zero-order chi connectivity index (χ0) is 18.9. The number of anilines is 1. The smallest absolute Gasteiger partial charge is 0.276 e. The van der Waals surface area contributed by atoms with Crippen molar-refractivity contribution < 1.29 is 13.2 Å². The van der Waals surface area contributed by atoms with Gasteiger partial charge in [-0.3, -0.25) is 4.79 Å². The monoisotopic (exact) mass is 389 g/mol. The summed E-state index contributed by atoms with van der Waals surface area (Å²) < 4.78 is 24.9. The van der Waals surface area contributed by atoms with E-state index in [1.807, 2.05) is 6.92 Å². The van der Waals surface area contributed by atoms with Gasteiger partial charge in [0.2, 0.25) is 0 Å². The molecule has 1 N–H and O–H groups in total. The third kappa shape index (κ3) is 3.95. The largest absolute Gasteiger partial charge is 0.321 e. The number of sulfone groups is 1. The van der Waals surface area contributed by atoms with Crippen LogP contribution in [0.2, 0.25) is 5.02 Å². The maximum atomic E-state index is 12.5. The first-order chi connectivity index (χ1) is 12.2. The molecule has 0 saturated heterocycles. The van der Waals surface area contributed by atoms with Crippen LogP contribution in [0.1, 0.15) is 16.2 Å². The molecule has 1 amide bonds. The maximum absolute atomic E-state index is 12.5. The van der Waals surface area contributed by atoms with Crippen molar-refractivity contribution in [2.45, 2.75) is 11.8 Å². The van der Waals surface area contributed by atoms with E-state index >= 15 is 0 Å². The van der Waals surface area contributed by atoms with E-state index < -0.39 is 15.7 Å². The number of nitrogens with one attached hydrogen (secondary N) is 1. The number of amides is 1. The topological polar surface area (TPSA) is 81.1 Å². The van der Waals surface area contributed by atoms with Crippen molar-refractivity contribution in [2.24, 2.45) is 0 Å². The summed E-state index contributed by atoms with van der Waals surface area (Å²) in [6.45, 7) is 1.84. The second kappa shape index (κ2) is 6.93. The van der Waals surface area contributed by atoms with Gasteiger partial charge in [-0.15, -0.1) is 0 Å². The van der Waals surface area contributed by atoms with E-state index in [1.165, 1.54) is 12.1 Å². The van der Waals surface area contributed by atoms with E-state index in [9.17, 15) is 13.2 Å². The van der Waals surface area contributed by atoms with Gasteiger partial charge in [0.05, 0.1) is 10.6 Å². The Kier molecular flexibility index (Phi) is 4.84. The van der Waals surface area contributed by atoms with Crippen LogP contribution in [0, 0.1) is 6.92 Å². The summed E-state index contributed by atoms with van der Waals surface area (Å²) >= 11 is 5.89. The summed E-state index contributed by atoms with van der Waals surface area (Å²) in [5.74, 6) is -0.425. The molecule has 0 aliphatic carbocycles. The fourth-order valence-corrected chi connectivity index (χ4v) is 3.22. The third-order valence-corrected chi connectivity index (χ3v) is 5.07. The molecule has 3 aromatic rings. The quantitative estimate of drug-likeness (QED) is 0.740. The fourth-order valence-electron chi connectivity index (χ4n) is 2.43. The molecule has 0 spiro atoms. The Morgan fingerprint density at radius 3 is 2.46 bits per heavy atom. The normalized spacial score (nSPS) is 11.3. The number of carbonyl (C=O) groups is 1. The molecule has 8 heteroatoms. The first-order valence-corrected chi connectivity index (χ1v) is 9.95. The molecule has 0 aliphatic rings. The first-order valence-electron chi connectivity index (χ1n) is 7.68. The Labute approximate surface area is 156 Å². The molecule has 26 heavy (non-hydrogen) atoms. The molecular formula is C18H16ClN3O3S. The molecule has 0 aliphatic heterocycles. The third-order valence-electron chi connectivity index (χ3n) is 3.71. The summed E-state index contributed by atoms with van der Waals surface area (Å²) in [4.78, 5) is 12.6. The lowest BCUT2D eigenvalue weighted by molar-refractivity contribution is 0.102. The molecule has 0 bridgehead atoms. The molecule has 0 fully saturated rings. The molecule has 134 valence electrons. The lowest BCUT2D eigenvalue weighted by atomic mass is 10.3. The predicted octanol–water partition coefficient (Wildman–Crippen LogP) is 3.49. The first kappa shape index (κ1) is 18.2. The van der Waals surface area contributed by atoms with Crippen LogP contribution in [0.5, 0.6) is 0 Å². The molecule has 1 heterocycles. The zero-order valence-corrected chi connectivity index (χ0v) is 15.7. The molecular weight excluding hydrogens is 374 g/mol. The Balaban J connectivity index is 1.85. The second-order valence-corrected chi connectivity index (χ2v) is 8.27. The Morgan fingerprint density at radius 1 is 1.12 bits per heavy atom. The van der Waals surface area contributed by atoms with Gasteiger partial charge >= 0.3 is 0 Å². The van der Waals surface area contributed by atoms with E-state index in [2.05, 4.69) is 10.4 Å². The minimum Gasteiger partial charge on any atom is -0.321 e. The number of rotatable bonds is 4. The van der Waals surface area contributed by atoms with Crippen molar-refractivity contribution in [3.8, 4) is 5.69 Å². The van der Waals surface area contributed by atoms with Crippen LogP contribution < -0.4 is 5.32 Å². The van der Waals surface area contributed by atoms with E-state index in [0.717, 1.165) is 17.6 Å². The van der Waals surface area contributed by atoms with Crippen molar-refractivity contribution in [3.05, 3.63) is 71.0 Å². The SMILES string of the molecule is Cc1cc(C(=O)Nc2cccc(S(C)(=O)=O)c2)nn1-c1ccc(Cl)cc1. The van der Waals surface area contributed by atoms with Crippen molar-refractivity contribution in [2.75, 3.05) is 11.6 Å². The number of benzene rings is 2. The van der Waals surface area contributed by atoms with Gasteiger partial charge in [0.25, 0.3) is 5.91 Å². The number of halogens is 1. The Bertz CT molecular complexity index is 1070. The fraction of sp³-hybridized carbons (Fsp3) is 0.111. The van der Waals surface area contributed by atoms with Crippen molar-refractivity contribution >= 4 is 33.0 Å². The van der Waals surface area contributed by atoms with Crippen LogP contribution in [0.3, 0.4) is 0 Å². The van der Waals surface area contributed by atoms with Crippen molar-refractivity contribution in [1.82, 2.24) is 9.78 Å².